The van der Waals surface area contributed by atoms with Crippen LogP contribution in [0.4, 0.5) is 34.1 Å². The number of nitrogen functional groups attached to an aromatic ring is 4. The van der Waals surface area contributed by atoms with Crippen LogP contribution in [0.15, 0.2) is 109 Å². The quantitative estimate of drug-likeness (QED) is 0.0566. The van der Waals surface area contributed by atoms with E-state index in [1.165, 1.54) is 38.9 Å². The molecule has 12 aliphatic rings. The van der Waals surface area contributed by atoms with Crippen LogP contribution in [0.25, 0.3) is 0 Å². The molecular weight excluding hydrogens is 781 g/mol. The van der Waals surface area contributed by atoms with Crippen molar-refractivity contribution in [2.45, 2.75) is 119 Å². The minimum Gasteiger partial charge on any atom is -0.398 e. The van der Waals surface area contributed by atoms with Crippen LogP contribution in [0.2, 0.25) is 0 Å². The van der Waals surface area contributed by atoms with Crippen molar-refractivity contribution in [1.29, 1.82) is 0 Å². The van der Waals surface area contributed by atoms with E-state index in [-0.39, 0.29) is 10.6 Å². The minimum absolute atomic E-state index is 0.241. The molecule has 9 nitrogen and oxygen atoms in total. The van der Waals surface area contributed by atoms with Gasteiger partial charge in [0.15, 0.2) is 0 Å². The summed E-state index contributed by atoms with van der Waals surface area (Å²) in [7, 11) is 0. The van der Waals surface area contributed by atoms with Gasteiger partial charge in [0.25, 0.3) is 5.69 Å². The number of aryl methyl sites for hydroxylation is 12. The first-order chi connectivity index (χ1) is 30.6. The van der Waals surface area contributed by atoms with Crippen LogP contribution < -0.4 is 28.4 Å². The van der Waals surface area contributed by atoms with Crippen molar-refractivity contribution in [3.8, 4) is 0 Å². The van der Waals surface area contributed by atoms with Crippen LogP contribution >= 0.6 is 0 Å². The molecule has 10 N–H and O–H groups in total. The van der Waals surface area contributed by atoms with E-state index in [4.69, 9.17) is 22.9 Å². The summed E-state index contributed by atoms with van der Waals surface area (Å²) in [5, 5.41) is 20.4. The fraction of sp³-hybridized carbons (Fsp3) is 0.333. The Balaban J connectivity index is 0.000000196. The first-order valence-electron chi connectivity index (χ1n) is 22.9. The van der Waals surface area contributed by atoms with Crippen LogP contribution in [0, 0.1) is 10.1 Å². The molecule has 0 aromatic heterocycles. The molecule has 6 aromatic rings. The molecule has 12 aliphatic carbocycles. The Hall–Kier alpha value is -6.32. The molecule has 0 unspecified atom stereocenters. The molecule has 0 heterocycles. The smallest absolute Gasteiger partial charge is 0.272 e. The lowest BCUT2D eigenvalue weighted by atomic mass is 9.95. The van der Waals surface area contributed by atoms with E-state index >= 15 is 0 Å². The number of nitro groups is 1. The van der Waals surface area contributed by atoms with Gasteiger partial charge in [0.05, 0.1) is 10.6 Å². The molecule has 12 bridgehead atoms. The third-order valence-electron chi connectivity index (χ3n) is 11.6. The van der Waals surface area contributed by atoms with Crippen molar-refractivity contribution < 1.29 is 10.1 Å². The van der Waals surface area contributed by atoms with Gasteiger partial charge in [-0.15, -0.1) is 0 Å². The molecule has 9 heteroatoms. The molecule has 6 aromatic carbocycles. The van der Waals surface area contributed by atoms with E-state index in [0.717, 1.165) is 127 Å². The molecule has 334 valence electrons. The molecule has 18 rings (SSSR count). The van der Waals surface area contributed by atoms with E-state index in [2.05, 4.69) is 84.3 Å². The highest BCUT2D eigenvalue weighted by Crippen LogP contribution is 2.28. The number of nitro benzene ring substituents is 1. The van der Waals surface area contributed by atoms with Crippen LogP contribution in [0.1, 0.15) is 108 Å². The van der Waals surface area contributed by atoms with Gasteiger partial charge in [-0.05, 0) is 169 Å². The van der Waals surface area contributed by atoms with Crippen molar-refractivity contribution in [3.63, 3.8) is 0 Å². The van der Waals surface area contributed by atoms with Gasteiger partial charge in [-0.1, -0.05) is 114 Å². The lowest BCUT2D eigenvalue weighted by Gasteiger charge is -2.14. The highest BCUT2D eigenvalue weighted by Gasteiger charge is 2.16. The highest BCUT2D eigenvalue weighted by molar-refractivity contribution is 5.56. The number of benzene rings is 6. The fourth-order valence-corrected chi connectivity index (χ4v) is 8.03. The van der Waals surface area contributed by atoms with Gasteiger partial charge in [0.1, 0.15) is 0 Å². The Labute approximate surface area is 376 Å². The first kappa shape index (κ1) is 49.3. The van der Waals surface area contributed by atoms with Crippen molar-refractivity contribution in [2.24, 2.45) is 0 Å². The van der Waals surface area contributed by atoms with E-state index in [1.807, 2.05) is 65.8 Å². The molecule has 0 saturated heterocycles. The van der Waals surface area contributed by atoms with Gasteiger partial charge in [-0.2, -0.15) is 0 Å². The van der Waals surface area contributed by atoms with Crippen molar-refractivity contribution in [1.82, 2.24) is 0 Å². The maximum Gasteiger partial charge on any atom is 0.272 e. The lowest BCUT2D eigenvalue weighted by molar-refractivity contribution is -0.385. The Morgan fingerprint density at radius 1 is 0.397 bits per heavy atom. The number of hydrogen-bond acceptors (Lipinski definition) is 8. The molecule has 0 fully saturated rings. The Bertz CT molecular complexity index is 2360. The summed E-state index contributed by atoms with van der Waals surface area (Å²) in [6.07, 6.45) is 10.6. The summed E-state index contributed by atoms with van der Waals surface area (Å²) in [4.78, 5) is 10.9. The summed E-state index contributed by atoms with van der Waals surface area (Å²) in [5.74, 6) is 0. The van der Waals surface area contributed by atoms with Gasteiger partial charge in [0.2, 0.25) is 0 Å². The highest BCUT2D eigenvalue weighted by atomic mass is 16.6. The zero-order valence-electron chi connectivity index (χ0n) is 38.4. The number of nitrogens with one attached hydrogen (secondary N) is 1. The van der Waals surface area contributed by atoms with Crippen molar-refractivity contribution in [2.75, 3.05) is 28.4 Å². The summed E-state index contributed by atoms with van der Waals surface area (Å²) in [6, 6.07) is 37.3. The van der Waals surface area contributed by atoms with Gasteiger partial charge in [-0.25, -0.2) is 0 Å². The average molecular weight is 851 g/mol. The Kier molecular flexibility index (Phi) is 19.5. The number of nitrogens with zero attached hydrogens (tertiary/aromatic N) is 1. The van der Waals surface area contributed by atoms with E-state index in [1.54, 1.807) is 6.07 Å². The molecule has 0 radical (unpaired) electrons. The second-order valence-electron chi connectivity index (χ2n) is 15.5. The summed E-state index contributed by atoms with van der Waals surface area (Å²) in [5.41, 5.74) is 45.2. The maximum absolute atomic E-state index is 11.2. The number of hydrogen-bond donors (Lipinski definition) is 6. The van der Waals surface area contributed by atoms with Crippen LogP contribution in [-0.4, -0.2) is 10.1 Å². The van der Waals surface area contributed by atoms with E-state index in [0.29, 0.717) is 6.42 Å². The summed E-state index contributed by atoms with van der Waals surface area (Å²) < 4.78 is 0. The third-order valence-corrected chi connectivity index (χ3v) is 11.6. The van der Waals surface area contributed by atoms with Crippen LogP contribution in [0.5, 0.6) is 0 Å². The second-order valence-corrected chi connectivity index (χ2v) is 15.5. The Morgan fingerprint density at radius 3 is 0.952 bits per heavy atom. The summed E-state index contributed by atoms with van der Waals surface area (Å²) >= 11 is 0. The molecule has 0 saturated carbocycles. The fourth-order valence-electron chi connectivity index (χ4n) is 8.03. The summed E-state index contributed by atoms with van der Waals surface area (Å²) in [6.45, 7) is 12.0. The maximum atomic E-state index is 11.2. The SMILES string of the molecule is CC.CC.CC.Nc1cc2ccc1CCc1ccc(c(N)c1)CC2.Nc1cc2ccc1CCc1ccc(c(NO)c1)CC2.Nc1cc2ccc1CCc1ccc(c([N+](=O)[O-])c1)CC2. The predicted octanol–water partition coefficient (Wildman–Crippen LogP) is 11.8. The first-order valence-corrected chi connectivity index (χ1v) is 22.9. The van der Waals surface area contributed by atoms with E-state index in [9.17, 15) is 15.3 Å². The van der Waals surface area contributed by atoms with E-state index < -0.39 is 0 Å². The Morgan fingerprint density at radius 2 is 0.651 bits per heavy atom. The largest absolute Gasteiger partial charge is 0.398 e. The zero-order chi connectivity index (χ0) is 45.9. The predicted molar refractivity (Wildman–Crippen MR) is 267 cm³/mol. The lowest BCUT2D eigenvalue weighted by Crippen LogP contribution is -2.04. The second kappa shape index (κ2) is 25.0. The van der Waals surface area contributed by atoms with Gasteiger partial charge in [-0.3, -0.25) is 20.8 Å². The van der Waals surface area contributed by atoms with Gasteiger partial charge < -0.3 is 22.9 Å². The topological polar surface area (TPSA) is 179 Å². The molecule has 0 aliphatic heterocycles. The average Bonchev–Trinajstić information content (AvgIpc) is 3.29. The molecule has 0 amide bonds. The van der Waals surface area contributed by atoms with Crippen molar-refractivity contribution >= 4 is 34.1 Å². The number of rotatable bonds is 2. The van der Waals surface area contributed by atoms with Gasteiger partial charge in [0, 0.05) is 34.4 Å². The molecule has 63 heavy (non-hydrogen) atoms. The monoisotopic (exact) mass is 851 g/mol. The van der Waals surface area contributed by atoms with Crippen LogP contribution in [0.3, 0.4) is 0 Å². The minimum atomic E-state index is -0.277. The number of anilines is 5. The third kappa shape index (κ3) is 13.8. The van der Waals surface area contributed by atoms with Gasteiger partial charge >= 0.3 is 0 Å². The molecule has 0 atom stereocenters. The molecule has 0 spiro atoms. The standard InChI is InChI=1S/C16H16N2O2.C16H18N2O.C16H18N2.3C2H6/c17-15-9-11-1-5-13(15)6-2-12-4-8-14(7-3-11)16(10-12)18(19)20;17-15-9-11-1-5-13(15)6-2-12-4-8-14(7-3-11)16(10-12)18-19;17-15-9-11-1-5-13(15)8-4-12-2-6-14(7-3-11)16(18)10-12;3*1-2/h1,4-5,8-10H,2-3,6-7,17H2;1,4-5,8-10,18-19H,2-3,6-7,17H2;1-2,5-6,9-10H,3-4,7-8,17-18H2;3*1-2H3. The molecular formula is C54H70N6O3. The number of nitrogens with two attached hydrogens (primary N) is 4. The van der Waals surface area contributed by atoms with Crippen molar-refractivity contribution in [3.05, 3.63) is 186 Å². The normalized spacial score (nSPS) is 12.9. The van der Waals surface area contributed by atoms with Crippen LogP contribution in [-0.2, 0) is 77.0 Å². The zero-order valence-corrected chi connectivity index (χ0v) is 38.4.